The van der Waals surface area contributed by atoms with Crippen LogP contribution in [0.25, 0.3) is 5.65 Å². The van der Waals surface area contributed by atoms with Crippen molar-refractivity contribution in [2.45, 2.75) is 52.9 Å². The molecular formula is C40H49BrFN9O4. The van der Waals surface area contributed by atoms with Crippen molar-refractivity contribution in [1.82, 2.24) is 29.8 Å². The molecule has 5 rings (SSSR count). The number of carbonyl (C=O) groups is 2. The highest BCUT2D eigenvalue weighted by Gasteiger charge is 2.26. The molecule has 3 aromatic heterocycles. The SMILES string of the molecule is CCOC(=O)c1cnn2c(N(Cc3ccccc3)Cc3ccccc3)c(Br)c(NCc3cc(F)cnc3N(CCNC(=O)OC(C)(C)C)CCN(C)C)nc12. The van der Waals surface area contributed by atoms with Gasteiger partial charge in [-0.05, 0) is 74.9 Å². The number of nitrogens with one attached hydrogen (secondary N) is 2. The van der Waals surface area contributed by atoms with Crippen molar-refractivity contribution in [1.29, 1.82) is 0 Å². The summed E-state index contributed by atoms with van der Waals surface area (Å²) in [6.07, 6.45) is 2.13. The Kier molecular flexibility index (Phi) is 14.0. The molecular weight excluding hydrogens is 769 g/mol. The number of pyridine rings is 1. The topological polar surface area (TPSA) is 129 Å². The number of halogens is 2. The lowest BCUT2D eigenvalue weighted by Crippen LogP contribution is -2.40. The molecule has 0 radical (unpaired) electrons. The smallest absolute Gasteiger partial charge is 0.407 e. The van der Waals surface area contributed by atoms with E-state index in [1.54, 1.807) is 32.2 Å². The zero-order chi connectivity index (χ0) is 39.5. The molecule has 2 N–H and O–H groups in total. The second kappa shape index (κ2) is 18.8. The largest absolute Gasteiger partial charge is 0.462 e. The number of hydrogen-bond donors (Lipinski definition) is 2. The number of likely N-dealkylation sites (N-methyl/N-ethyl adjacent to an activating group) is 1. The maximum atomic E-state index is 14.9. The van der Waals surface area contributed by atoms with Gasteiger partial charge in [-0.25, -0.2) is 23.9 Å². The molecule has 0 fully saturated rings. The standard InChI is InChI=1S/C40H49BrFN9O4/c1-7-54-38(52)32-25-46-51-36(32)47-34(33(41)37(51)50(26-28-14-10-8-11-15-28)27-29-16-12-9-13-17-29)44-23-30-22-31(42)24-45-35(30)49(21-20-48(5)6)19-18-43-39(53)55-40(2,3)4/h8-17,22,24-25H,7,18-21,23,26-27H2,1-6H3,(H,43,53)(H,44,47). The van der Waals surface area contributed by atoms with Crippen LogP contribution in [-0.2, 0) is 29.1 Å². The highest BCUT2D eigenvalue weighted by Crippen LogP contribution is 2.36. The number of ether oxygens (including phenoxy) is 2. The first-order chi connectivity index (χ1) is 26.3. The Morgan fingerprint density at radius 3 is 2.18 bits per heavy atom. The lowest BCUT2D eigenvalue weighted by molar-refractivity contribution is 0.0518. The number of nitrogens with zero attached hydrogens (tertiary/aromatic N) is 7. The fourth-order valence-electron chi connectivity index (χ4n) is 5.83. The highest BCUT2D eigenvalue weighted by atomic mass is 79.9. The minimum Gasteiger partial charge on any atom is -0.462 e. The average Bonchev–Trinajstić information content (AvgIpc) is 3.56. The summed E-state index contributed by atoms with van der Waals surface area (Å²) in [7, 11) is 3.93. The Morgan fingerprint density at radius 2 is 1.58 bits per heavy atom. The molecule has 0 saturated carbocycles. The van der Waals surface area contributed by atoms with Gasteiger partial charge in [-0.2, -0.15) is 9.61 Å². The van der Waals surface area contributed by atoms with Crippen molar-refractivity contribution >= 4 is 51.1 Å². The van der Waals surface area contributed by atoms with E-state index < -0.39 is 23.5 Å². The molecule has 1 amide bonds. The summed E-state index contributed by atoms with van der Waals surface area (Å²) < 4.78 is 27.9. The number of benzene rings is 2. The van der Waals surface area contributed by atoms with E-state index in [4.69, 9.17) is 14.5 Å². The van der Waals surface area contributed by atoms with Gasteiger partial charge in [0.2, 0.25) is 0 Å². The number of fused-ring (bicyclic) bond motifs is 1. The molecule has 3 heterocycles. The first kappa shape index (κ1) is 40.9. The van der Waals surface area contributed by atoms with Gasteiger partial charge in [-0.1, -0.05) is 60.7 Å². The van der Waals surface area contributed by atoms with Gasteiger partial charge in [0.05, 0.1) is 19.0 Å². The molecule has 0 spiro atoms. The van der Waals surface area contributed by atoms with Gasteiger partial charge < -0.3 is 34.8 Å². The minimum absolute atomic E-state index is 0.125. The Bertz CT molecular complexity index is 2000. The third-order valence-electron chi connectivity index (χ3n) is 8.32. The van der Waals surface area contributed by atoms with Gasteiger partial charge in [-0.3, -0.25) is 0 Å². The Hall–Kier alpha value is -5.28. The third kappa shape index (κ3) is 11.4. The summed E-state index contributed by atoms with van der Waals surface area (Å²) in [5.74, 6) is 0.552. The number of anilines is 3. The van der Waals surface area contributed by atoms with Crippen LogP contribution in [0.2, 0.25) is 0 Å². The second-order valence-electron chi connectivity index (χ2n) is 14.1. The van der Waals surface area contributed by atoms with Crippen LogP contribution in [0, 0.1) is 5.82 Å². The first-order valence-electron chi connectivity index (χ1n) is 18.1. The molecule has 0 aliphatic carbocycles. The summed E-state index contributed by atoms with van der Waals surface area (Å²) in [6, 6.07) is 21.6. The van der Waals surface area contributed by atoms with Crippen molar-refractivity contribution in [3.05, 3.63) is 112 Å². The van der Waals surface area contributed by atoms with Crippen LogP contribution in [0.3, 0.4) is 0 Å². The normalized spacial score (nSPS) is 11.4. The maximum Gasteiger partial charge on any atom is 0.407 e. The number of alkyl carbamates (subject to hydrolysis) is 1. The Morgan fingerprint density at radius 1 is 0.927 bits per heavy atom. The fourth-order valence-corrected chi connectivity index (χ4v) is 6.48. The van der Waals surface area contributed by atoms with Crippen LogP contribution >= 0.6 is 15.9 Å². The molecule has 5 aromatic rings. The Labute approximate surface area is 330 Å². The molecule has 0 atom stereocenters. The molecule has 0 aliphatic rings. The van der Waals surface area contributed by atoms with E-state index in [9.17, 15) is 14.0 Å². The van der Waals surface area contributed by atoms with E-state index in [0.717, 1.165) is 11.1 Å². The van der Waals surface area contributed by atoms with Crippen LogP contribution < -0.4 is 20.4 Å². The van der Waals surface area contributed by atoms with Gasteiger partial charge in [0, 0.05) is 51.4 Å². The summed E-state index contributed by atoms with van der Waals surface area (Å²) in [5.41, 5.74) is 2.57. The predicted octanol–water partition coefficient (Wildman–Crippen LogP) is 6.91. The van der Waals surface area contributed by atoms with E-state index in [0.29, 0.717) is 65.9 Å². The number of carbonyl (C=O) groups excluding carboxylic acids is 2. The summed E-state index contributed by atoms with van der Waals surface area (Å²) in [4.78, 5) is 41.2. The fraction of sp³-hybridized carbons (Fsp3) is 0.375. The van der Waals surface area contributed by atoms with Crippen LogP contribution in [0.5, 0.6) is 0 Å². The van der Waals surface area contributed by atoms with E-state index in [1.165, 1.54) is 18.5 Å². The molecule has 15 heteroatoms. The molecule has 2 aromatic carbocycles. The van der Waals surface area contributed by atoms with Gasteiger partial charge in [0.25, 0.3) is 0 Å². The zero-order valence-corrected chi connectivity index (χ0v) is 33.8. The van der Waals surface area contributed by atoms with Crippen molar-refractivity contribution < 1.29 is 23.5 Å². The van der Waals surface area contributed by atoms with E-state index in [-0.39, 0.29) is 25.3 Å². The monoisotopic (exact) mass is 817 g/mol. The van der Waals surface area contributed by atoms with Crippen molar-refractivity contribution in [2.24, 2.45) is 0 Å². The number of rotatable bonds is 17. The molecule has 0 bridgehead atoms. The maximum absolute atomic E-state index is 14.9. The number of aromatic nitrogens is 4. The molecule has 292 valence electrons. The van der Waals surface area contributed by atoms with Crippen LogP contribution in [0.4, 0.5) is 26.6 Å². The molecule has 13 nitrogen and oxygen atoms in total. The van der Waals surface area contributed by atoms with E-state index in [2.05, 4.69) is 65.8 Å². The molecule has 0 aliphatic heterocycles. The van der Waals surface area contributed by atoms with Gasteiger partial charge in [-0.15, -0.1) is 0 Å². The highest BCUT2D eigenvalue weighted by molar-refractivity contribution is 9.10. The van der Waals surface area contributed by atoms with E-state index in [1.807, 2.05) is 60.3 Å². The van der Waals surface area contributed by atoms with Crippen LogP contribution in [0.15, 0.2) is 83.6 Å². The number of amides is 1. The summed E-state index contributed by atoms with van der Waals surface area (Å²) >= 11 is 3.85. The molecule has 0 saturated heterocycles. The van der Waals surface area contributed by atoms with Crippen molar-refractivity contribution in [3.8, 4) is 0 Å². The second-order valence-corrected chi connectivity index (χ2v) is 14.9. The van der Waals surface area contributed by atoms with Gasteiger partial charge in [0.1, 0.15) is 33.1 Å². The Balaban J connectivity index is 1.54. The first-order valence-corrected chi connectivity index (χ1v) is 18.9. The lowest BCUT2D eigenvalue weighted by Gasteiger charge is -2.29. The number of hydrogen-bond acceptors (Lipinski definition) is 11. The minimum atomic E-state index is -0.634. The van der Waals surface area contributed by atoms with E-state index >= 15 is 0 Å². The van der Waals surface area contributed by atoms with Crippen molar-refractivity contribution in [3.63, 3.8) is 0 Å². The summed E-state index contributed by atoms with van der Waals surface area (Å²) in [5, 5.41) is 10.9. The number of esters is 1. The van der Waals surface area contributed by atoms with Crippen molar-refractivity contribution in [2.75, 3.05) is 62.0 Å². The van der Waals surface area contributed by atoms with Gasteiger partial charge in [0.15, 0.2) is 11.5 Å². The predicted molar refractivity (Wildman–Crippen MR) is 216 cm³/mol. The molecule has 55 heavy (non-hydrogen) atoms. The third-order valence-corrected chi connectivity index (χ3v) is 9.05. The lowest BCUT2D eigenvalue weighted by atomic mass is 10.1. The molecule has 0 unspecified atom stereocenters. The quantitative estimate of drug-likeness (QED) is 0.0950. The van der Waals surface area contributed by atoms with Crippen LogP contribution in [-0.4, -0.2) is 89.0 Å². The summed E-state index contributed by atoms with van der Waals surface area (Å²) in [6.45, 7) is 10.4. The van der Waals surface area contributed by atoms with Crippen LogP contribution in [0.1, 0.15) is 54.7 Å². The van der Waals surface area contributed by atoms with Gasteiger partial charge >= 0.3 is 12.1 Å². The average molecular weight is 819 g/mol. The zero-order valence-electron chi connectivity index (χ0n) is 32.2.